The van der Waals surface area contributed by atoms with Crippen LogP contribution in [0.25, 0.3) is 0 Å². The highest BCUT2D eigenvalue weighted by Gasteiger charge is 2.36. The number of aromatic nitrogens is 1. The van der Waals surface area contributed by atoms with Crippen LogP contribution in [0, 0.1) is 5.82 Å². The molecule has 3 aliphatic heterocycles. The van der Waals surface area contributed by atoms with Crippen LogP contribution in [0.5, 0.6) is 0 Å². The molecule has 2 N–H and O–H groups in total. The zero-order valence-corrected chi connectivity index (χ0v) is 21.5. The molecule has 0 saturated carbocycles. The van der Waals surface area contributed by atoms with Crippen molar-refractivity contribution in [2.45, 2.75) is 76.0 Å². The zero-order chi connectivity index (χ0) is 25.6. The van der Waals surface area contributed by atoms with Crippen LogP contribution in [-0.2, 0) is 27.1 Å². The number of likely N-dealkylation sites (tertiary alicyclic amines) is 1. The topological polar surface area (TPSA) is 83.9 Å². The molecule has 1 aromatic carbocycles. The second kappa shape index (κ2) is 12.3. The van der Waals surface area contributed by atoms with E-state index in [4.69, 9.17) is 14.5 Å². The highest BCUT2D eigenvalue weighted by molar-refractivity contribution is 5.76. The van der Waals surface area contributed by atoms with Gasteiger partial charge in [-0.05, 0) is 93.2 Å². The Morgan fingerprint density at radius 1 is 1.22 bits per heavy atom. The molecule has 0 amide bonds. The van der Waals surface area contributed by atoms with Gasteiger partial charge in [-0.25, -0.2) is 4.39 Å². The van der Waals surface area contributed by atoms with Gasteiger partial charge in [0, 0.05) is 38.5 Å². The highest BCUT2D eigenvalue weighted by Crippen LogP contribution is 2.36. The first-order valence-corrected chi connectivity index (χ1v) is 13.8. The molecule has 2 fully saturated rings. The number of benzene rings is 1. The first-order valence-electron chi connectivity index (χ1n) is 13.8. The number of aliphatic carboxylic acids is 1. The number of nitrogens with one attached hydrogen (secondary N) is 1. The van der Waals surface area contributed by atoms with Crippen molar-refractivity contribution in [2.75, 3.05) is 38.2 Å². The number of halogens is 1. The summed E-state index contributed by atoms with van der Waals surface area (Å²) in [7, 11) is 0. The van der Waals surface area contributed by atoms with Crippen molar-refractivity contribution in [2.24, 2.45) is 0 Å². The molecule has 7 nitrogen and oxygen atoms in total. The van der Waals surface area contributed by atoms with E-state index in [9.17, 15) is 14.3 Å². The predicted molar refractivity (Wildman–Crippen MR) is 139 cm³/mol. The fourth-order valence-electron chi connectivity index (χ4n) is 5.85. The summed E-state index contributed by atoms with van der Waals surface area (Å²) in [5.74, 6) is -1.38. The summed E-state index contributed by atoms with van der Waals surface area (Å²) in [5.41, 5.74) is 4.78. The summed E-state index contributed by atoms with van der Waals surface area (Å²) in [6.45, 7) is 3.45. The Kier molecular flexibility index (Phi) is 8.69. The lowest BCUT2D eigenvalue weighted by atomic mass is 9.92. The molecule has 2 aromatic rings. The van der Waals surface area contributed by atoms with Gasteiger partial charge in [0.1, 0.15) is 11.9 Å². The molecule has 1 aromatic heterocycles. The van der Waals surface area contributed by atoms with Crippen LogP contribution in [0.2, 0.25) is 0 Å². The van der Waals surface area contributed by atoms with Gasteiger partial charge in [-0.2, -0.15) is 0 Å². The number of nitrogens with zero attached hydrogens (tertiary/aromatic N) is 2. The standard InChI is InChI=1S/C29H38FN3O4/c30-20-9-11-23(27-8-2-4-17-37-27)24(18-20)28(29(34)35)33-15-13-22(19-33)36-16-3-1-6-21-10-12-25-26(32-21)7-5-14-31-25/h9-12,18,22,27-28,31H,1-8,13-17,19H2,(H,34,35)/t22-,27?,28?/m1/s1. The van der Waals surface area contributed by atoms with E-state index in [2.05, 4.69) is 17.4 Å². The Bertz CT molecular complexity index is 1080. The number of pyridine rings is 1. The summed E-state index contributed by atoms with van der Waals surface area (Å²) in [6.07, 6.45) is 8.47. The second-order valence-corrected chi connectivity index (χ2v) is 10.4. The summed E-state index contributed by atoms with van der Waals surface area (Å²) < 4.78 is 26.3. The highest BCUT2D eigenvalue weighted by atomic mass is 19.1. The van der Waals surface area contributed by atoms with Gasteiger partial charge in [-0.1, -0.05) is 6.07 Å². The Balaban J connectivity index is 1.13. The van der Waals surface area contributed by atoms with Crippen molar-refractivity contribution in [3.8, 4) is 0 Å². The largest absolute Gasteiger partial charge is 0.480 e. The second-order valence-electron chi connectivity index (χ2n) is 10.4. The number of fused-ring (bicyclic) bond motifs is 1. The van der Waals surface area contributed by atoms with Crippen molar-refractivity contribution in [3.63, 3.8) is 0 Å². The van der Waals surface area contributed by atoms with Crippen LogP contribution in [0.1, 0.15) is 79.6 Å². The van der Waals surface area contributed by atoms with Crippen LogP contribution in [0.3, 0.4) is 0 Å². The van der Waals surface area contributed by atoms with Crippen molar-refractivity contribution in [1.29, 1.82) is 0 Å². The first kappa shape index (κ1) is 26.1. The van der Waals surface area contributed by atoms with Crippen LogP contribution >= 0.6 is 0 Å². The minimum atomic E-state index is -0.962. The van der Waals surface area contributed by atoms with Gasteiger partial charge in [0.2, 0.25) is 0 Å². The van der Waals surface area contributed by atoms with E-state index in [1.165, 1.54) is 23.5 Å². The monoisotopic (exact) mass is 511 g/mol. The summed E-state index contributed by atoms with van der Waals surface area (Å²) in [6, 6.07) is 7.83. The zero-order valence-electron chi connectivity index (χ0n) is 21.5. The molecule has 2 saturated heterocycles. The Hall–Kier alpha value is -2.55. The SMILES string of the molecule is O=C(O)C(c1cc(F)ccc1C1CCCCO1)N1CC[C@@H](OCCCCc2ccc3c(n2)CCCN3)C1. The molecule has 2 unspecified atom stereocenters. The van der Waals surface area contributed by atoms with E-state index in [-0.39, 0.29) is 12.2 Å². The molecular weight excluding hydrogens is 473 g/mol. The number of hydrogen-bond acceptors (Lipinski definition) is 6. The Labute approximate surface area is 218 Å². The van der Waals surface area contributed by atoms with E-state index in [1.54, 1.807) is 6.07 Å². The van der Waals surface area contributed by atoms with Gasteiger partial charge >= 0.3 is 5.97 Å². The molecule has 0 radical (unpaired) electrons. The molecule has 8 heteroatoms. The molecule has 4 heterocycles. The van der Waals surface area contributed by atoms with Gasteiger partial charge in [0.05, 0.1) is 23.6 Å². The molecular formula is C29H38FN3O4. The Morgan fingerprint density at radius 2 is 2.14 bits per heavy atom. The quantitative estimate of drug-likeness (QED) is 0.432. The lowest BCUT2D eigenvalue weighted by Gasteiger charge is -2.30. The first-order chi connectivity index (χ1) is 18.1. The summed E-state index contributed by atoms with van der Waals surface area (Å²) >= 11 is 0. The normalized spacial score (nSPS) is 22.8. The molecule has 0 bridgehead atoms. The summed E-state index contributed by atoms with van der Waals surface area (Å²) in [4.78, 5) is 19.1. The van der Waals surface area contributed by atoms with E-state index in [1.807, 2.05) is 4.90 Å². The van der Waals surface area contributed by atoms with Crippen molar-refractivity contribution < 1.29 is 23.8 Å². The van der Waals surface area contributed by atoms with Crippen LogP contribution in [0.4, 0.5) is 10.1 Å². The van der Waals surface area contributed by atoms with Gasteiger partial charge in [-0.3, -0.25) is 14.7 Å². The predicted octanol–water partition coefficient (Wildman–Crippen LogP) is 5.06. The van der Waals surface area contributed by atoms with Crippen molar-refractivity contribution in [3.05, 3.63) is 58.7 Å². The molecule has 5 rings (SSSR count). The molecule has 0 aliphatic carbocycles. The minimum absolute atomic E-state index is 0.0160. The maximum absolute atomic E-state index is 14.3. The van der Waals surface area contributed by atoms with Crippen LogP contribution in [-0.4, -0.2) is 59.9 Å². The minimum Gasteiger partial charge on any atom is -0.480 e. The van der Waals surface area contributed by atoms with Crippen LogP contribution < -0.4 is 5.32 Å². The smallest absolute Gasteiger partial charge is 0.325 e. The number of aryl methyl sites for hydroxylation is 2. The number of carbonyl (C=O) groups is 1. The fraction of sp³-hybridized carbons (Fsp3) is 0.586. The van der Waals surface area contributed by atoms with E-state index >= 15 is 0 Å². The molecule has 3 aliphatic rings. The number of anilines is 1. The van der Waals surface area contributed by atoms with Crippen molar-refractivity contribution in [1.82, 2.24) is 9.88 Å². The number of hydrogen-bond donors (Lipinski definition) is 2. The maximum Gasteiger partial charge on any atom is 0.325 e. The number of carboxylic acid groups (broad SMARTS) is 1. The van der Waals surface area contributed by atoms with E-state index < -0.39 is 17.8 Å². The van der Waals surface area contributed by atoms with Gasteiger partial charge in [0.25, 0.3) is 0 Å². The lowest BCUT2D eigenvalue weighted by Crippen LogP contribution is -2.34. The van der Waals surface area contributed by atoms with Crippen molar-refractivity contribution >= 4 is 11.7 Å². The number of rotatable bonds is 10. The third kappa shape index (κ3) is 6.48. The summed E-state index contributed by atoms with van der Waals surface area (Å²) in [5, 5.41) is 13.6. The third-order valence-electron chi connectivity index (χ3n) is 7.76. The maximum atomic E-state index is 14.3. The molecule has 3 atom stereocenters. The molecule has 37 heavy (non-hydrogen) atoms. The van der Waals surface area contributed by atoms with E-state index in [0.717, 1.165) is 75.6 Å². The van der Waals surface area contributed by atoms with Gasteiger partial charge < -0.3 is 19.9 Å². The number of carboxylic acids is 1. The average Bonchev–Trinajstić information content (AvgIpc) is 3.37. The molecule has 0 spiro atoms. The average molecular weight is 512 g/mol. The number of ether oxygens (including phenoxy) is 2. The van der Waals surface area contributed by atoms with Gasteiger partial charge in [-0.15, -0.1) is 0 Å². The Morgan fingerprint density at radius 3 is 2.97 bits per heavy atom. The lowest BCUT2D eigenvalue weighted by molar-refractivity contribution is -0.143. The molecule has 200 valence electrons. The fourth-order valence-corrected chi connectivity index (χ4v) is 5.85. The van der Waals surface area contributed by atoms with E-state index in [0.29, 0.717) is 31.9 Å². The number of unbranched alkanes of at least 4 members (excludes halogenated alkanes) is 1. The van der Waals surface area contributed by atoms with Gasteiger partial charge in [0.15, 0.2) is 0 Å². The van der Waals surface area contributed by atoms with Crippen LogP contribution in [0.15, 0.2) is 30.3 Å². The third-order valence-corrected chi connectivity index (χ3v) is 7.76.